The van der Waals surface area contributed by atoms with E-state index in [2.05, 4.69) is 38.0 Å². The summed E-state index contributed by atoms with van der Waals surface area (Å²) >= 11 is 0. The Balaban J connectivity index is 2.37. The van der Waals surface area contributed by atoms with Crippen molar-refractivity contribution in [3.63, 3.8) is 0 Å². The molecular formula is C17H36N2. The van der Waals surface area contributed by atoms with E-state index in [1.165, 1.54) is 70.9 Å². The fourth-order valence-electron chi connectivity index (χ4n) is 3.49. The van der Waals surface area contributed by atoms with Crippen LogP contribution in [0.1, 0.15) is 78.6 Å². The van der Waals surface area contributed by atoms with Crippen molar-refractivity contribution in [2.24, 2.45) is 0 Å². The molecule has 0 amide bonds. The molecule has 19 heavy (non-hydrogen) atoms. The van der Waals surface area contributed by atoms with Gasteiger partial charge in [0.25, 0.3) is 0 Å². The molecule has 0 aromatic rings. The van der Waals surface area contributed by atoms with E-state index in [1.807, 2.05) is 0 Å². The van der Waals surface area contributed by atoms with Crippen LogP contribution in [0.15, 0.2) is 0 Å². The van der Waals surface area contributed by atoms with Crippen LogP contribution >= 0.6 is 0 Å². The smallest absolute Gasteiger partial charge is 0.0306 e. The first kappa shape index (κ1) is 17.0. The van der Waals surface area contributed by atoms with Crippen molar-refractivity contribution in [1.82, 2.24) is 10.2 Å². The third kappa shape index (κ3) is 5.43. The molecule has 1 fully saturated rings. The maximum Gasteiger partial charge on any atom is 0.0306 e. The Morgan fingerprint density at radius 3 is 2.21 bits per heavy atom. The fraction of sp³-hybridized carbons (Fsp3) is 1.00. The minimum absolute atomic E-state index is 0.305. The van der Waals surface area contributed by atoms with Gasteiger partial charge in [-0.15, -0.1) is 0 Å². The first-order valence-electron chi connectivity index (χ1n) is 8.55. The Bertz CT molecular complexity index is 219. The van der Waals surface area contributed by atoms with Gasteiger partial charge in [0, 0.05) is 11.6 Å². The Kier molecular flexibility index (Phi) is 8.01. The number of rotatable bonds is 9. The Hall–Kier alpha value is -0.0800. The highest BCUT2D eigenvalue weighted by Crippen LogP contribution is 2.26. The third-order valence-electron chi connectivity index (χ3n) is 4.97. The van der Waals surface area contributed by atoms with E-state index >= 15 is 0 Å². The number of nitrogens with zero attached hydrogens (tertiary/aromatic N) is 1. The fourth-order valence-corrected chi connectivity index (χ4v) is 3.49. The standard InChI is InChI=1S/C17H36N2/c1-5-6-7-8-10-13-16(18-4)17(2,3)19-14-11-9-12-15-19/h16,18H,5-15H2,1-4H3. The molecule has 1 atom stereocenters. The summed E-state index contributed by atoms with van der Waals surface area (Å²) in [5, 5.41) is 3.59. The van der Waals surface area contributed by atoms with E-state index in [9.17, 15) is 0 Å². The molecule has 114 valence electrons. The van der Waals surface area contributed by atoms with Crippen molar-refractivity contribution < 1.29 is 0 Å². The summed E-state index contributed by atoms with van der Waals surface area (Å²) in [5.74, 6) is 0. The molecule has 0 aliphatic carbocycles. The minimum Gasteiger partial charge on any atom is -0.315 e. The van der Waals surface area contributed by atoms with Crippen molar-refractivity contribution in [2.45, 2.75) is 90.1 Å². The van der Waals surface area contributed by atoms with Crippen LogP contribution in [0.3, 0.4) is 0 Å². The van der Waals surface area contributed by atoms with Crippen LogP contribution in [0.4, 0.5) is 0 Å². The normalized spacial score (nSPS) is 19.6. The van der Waals surface area contributed by atoms with E-state index in [0.29, 0.717) is 11.6 Å². The third-order valence-corrected chi connectivity index (χ3v) is 4.97. The van der Waals surface area contributed by atoms with Crippen molar-refractivity contribution in [3.05, 3.63) is 0 Å². The molecule has 1 N–H and O–H groups in total. The molecule has 0 saturated carbocycles. The molecule has 1 rings (SSSR count). The highest BCUT2D eigenvalue weighted by molar-refractivity contribution is 4.93. The minimum atomic E-state index is 0.305. The SMILES string of the molecule is CCCCCCCC(NC)C(C)(C)N1CCCCC1. The number of hydrogen-bond acceptors (Lipinski definition) is 2. The summed E-state index contributed by atoms with van der Waals surface area (Å²) in [7, 11) is 2.14. The lowest BCUT2D eigenvalue weighted by Crippen LogP contribution is -2.58. The second-order valence-corrected chi connectivity index (χ2v) is 6.75. The molecule has 1 aliphatic rings. The number of hydrogen-bond donors (Lipinski definition) is 1. The highest BCUT2D eigenvalue weighted by atomic mass is 15.2. The van der Waals surface area contributed by atoms with Crippen molar-refractivity contribution >= 4 is 0 Å². The summed E-state index contributed by atoms with van der Waals surface area (Å²) in [5.41, 5.74) is 0.305. The predicted octanol–water partition coefficient (Wildman–Crippen LogP) is 4.20. The molecule has 1 aliphatic heterocycles. The second-order valence-electron chi connectivity index (χ2n) is 6.75. The molecule has 1 unspecified atom stereocenters. The number of likely N-dealkylation sites (N-methyl/N-ethyl adjacent to an activating group) is 1. The summed E-state index contributed by atoms with van der Waals surface area (Å²) in [6.45, 7) is 9.74. The largest absolute Gasteiger partial charge is 0.315 e. The van der Waals surface area contributed by atoms with Crippen LogP contribution in [-0.4, -0.2) is 36.6 Å². The van der Waals surface area contributed by atoms with E-state index in [0.717, 1.165) is 0 Å². The molecule has 2 heteroatoms. The molecule has 0 spiro atoms. The number of nitrogens with one attached hydrogen (secondary N) is 1. The molecule has 1 heterocycles. The molecule has 1 saturated heterocycles. The Morgan fingerprint density at radius 1 is 1.00 bits per heavy atom. The summed E-state index contributed by atoms with van der Waals surface area (Å²) in [6.07, 6.45) is 12.5. The maximum atomic E-state index is 3.59. The zero-order valence-corrected chi connectivity index (χ0v) is 13.8. The van der Waals surface area contributed by atoms with Gasteiger partial charge in [-0.05, 0) is 53.2 Å². The van der Waals surface area contributed by atoms with Crippen LogP contribution in [-0.2, 0) is 0 Å². The molecule has 0 radical (unpaired) electrons. The van der Waals surface area contributed by atoms with E-state index in [-0.39, 0.29) is 0 Å². The first-order valence-corrected chi connectivity index (χ1v) is 8.55. The average molecular weight is 268 g/mol. The molecule has 0 aromatic carbocycles. The van der Waals surface area contributed by atoms with Gasteiger partial charge in [-0.2, -0.15) is 0 Å². The van der Waals surface area contributed by atoms with Gasteiger partial charge in [0.1, 0.15) is 0 Å². The summed E-state index contributed by atoms with van der Waals surface area (Å²) in [6, 6.07) is 0.632. The molecule has 0 aromatic heterocycles. The lowest BCUT2D eigenvalue weighted by atomic mass is 9.86. The van der Waals surface area contributed by atoms with E-state index in [1.54, 1.807) is 0 Å². The molecule has 2 nitrogen and oxygen atoms in total. The highest BCUT2D eigenvalue weighted by Gasteiger charge is 2.34. The monoisotopic (exact) mass is 268 g/mol. The second kappa shape index (κ2) is 8.97. The zero-order chi connectivity index (χ0) is 14.1. The lowest BCUT2D eigenvalue weighted by Gasteiger charge is -2.46. The van der Waals surface area contributed by atoms with Crippen LogP contribution in [0.2, 0.25) is 0 Å². The molecule has 0 bridgehead atoms. The average Bonchev–Trinajstić information content (AvgIpc) is 2.43. The lowest BCUT2D eigenvalue weighted by molar-refractivity contribution is 0.0599. The number of likely N-dealkylation sites (tertiary alicyclic amines) is 1. The van der Waals surface area contributed by atoms with Crippen LogP contribution in [0, 0.1) is 0 Å². The van der Waals surface area contributed by atoms with Gasteiger partial charge in [-0.1, -0.05) is 45.4 Å². The van der Waals surface area contributed by atoms with Gasteiger partial charge in [0.2, 0.25) is 0 Å². The van der Waals surface area contributed by atoms with Gasteiger partial charge in [0.05, 0.1) is 0 Å². The summed E-state index contributed by atoms with van der Waals surface area (Å²) in [4.78, 5) is 2.71. The topological polar surface area (TPSA) is 15.3 Å². The van der Waals surface area contributed by atoms with Gasteiger partial charge in [0.15, 0.2) is 0 Å². The zero-order valence-electron chi connectivity index (χ0n) is 13.8. The van der Waals surface area contributed by atoms with Crippen molar-refractivity contribution in [3.8, 4) is 0 Å². The van der Waals surface area contributed by atoms with Crippen LogP contribution < -0.4 is 5.32 Å². The van der Waals surface area contributed by atoms with Crippen molar-refractivity contribution in [2.75, 3.05) is 20.1 Å². The van der Waals surface area contributed by atoms with Crippen LogP contribution in [0.5, 0.6) is 0 Å². The molecular weight excluding hydrogens is 232 g/mol. The van der Waals surface area contributed by atoms with Gasteiger partial charge in [-0.25, -0.2) is 0 Å². The Morgan fingerprint density at radius 2 is 1.63 bits per heavy atom. The number of piperidine rings is 1. The van der Waals surface area contributed by atoms with Gasteiger partial charge >= 0.3 is 0 Å². The number of unbranched alkanes of at least 4 members (excludes halogenated alkanes) is 4. The summed E-state index contributed by atoms with van der Waals surface area (Å²) < 4.78 is 0. The van der Waals surface area contributed by atoms with Crippen molar-refractivity contribution in [1.29, 1.82) is 0 Å². The van der Waals surface area contributed by atoms with E-state index in [4.69, 9.17) is 0 Å². The van der Waals surface area contributed by atoms with E-state index < -0.39 is 0 Å². The van der Waals surface area contributed by atoms with Crippen LogP contribution in [0.25, 0.3) is 0 Å². The van der Waals surface area contributed by atoms with Gasteiger partial charge < -0.3 is 5.32 Å². The first-order chi connectivity index (χ1) is 9.12. The Labute approximate surface area is 121 Å². The quantitative estimate of drug-likeness (QED) is 0.631. The maximum absolute atomic E-state index is 3.59. The predicted molar refractivity (Wildman–Crippen MR) is 85.7 cm³/mol. The van der Waals surface area contributed by atoms with Gasteiger partial charge in [-0.3, -0.25) is 4.90 Å².